The molecule has 8 rings (SSSR count). The van der Waals surface area contributed by atoms with Gasteiger partial charge in [0.1, 0.15) is 0 Å². The van der Waals surface area contributed by atoms with Crippen molar-refractivity contribution in [2.45, 2.75) is 202 Å². The van der Waals surface area contributed by atoms with Crippen LogP contribution in [0.1, 0.15) is 161 Å². The van der Waals surface area contributed by atoms with Gasteiger partial charge in [0.2, 0.25) is 0 Å². The molecule has 482 valence electrons. The Morgan fingerprint density at radius 1 is 0.233 bits per heavy atom. The number of aryl methyl sites for hydroxylation is 12. The molecule has 0 heterocycles. The number of hydrogen-bond donors (Lipinski definition) is 0. The summed E-state index contributed by atoms with van der Waals surface area (Å²) in [5.41, 5.74) is 26.6. The summed E-state index contributed by atoms with van der Waals surface area (Å²) in [6, 6.07) is 61.4. The van der Waals surface area contributed by atoms with Gasteiger partial charge in [-0.25, -0.2) is 0 Å². The predicted molar refractivity (Wildman–Crippen MR) is 392 cm³/mol. The zero-order chi connectivity index (χ0) is 67.6. The first kappa shape index (κ1) is 79.3. The van der Waals surface area contributed by atoms with Crippen LogP contribution in [-0.4, -0.2) is 36.3 Å². The van der Waals surface area contributed by atoms with Crippen LogP contribution >= 0.6 is 0 Å². The van der Waals surface area contributed by atoms with E-state index in [4.69, 9.17) is 0 Å². The van der Waals surface area contributed by atoms with Gasteiger partial charge in [0, 0.05) is 0 Å². The fraction of sp³-hybridized carbons (Fsp3) is 0.366. The van der Waals surface area contributed by atoms with E-state index in [0.717, 1.165) is 45.3 Å². The van der Waals surface area contributed by atoms with E-state index in [1.54, 1.807) is 0 Å². The Morgan fingerprint density at radius 2 is 0.367 bits per heavy atom. The first-order chi connectivity index (χ1) is 42.3. The van der Waals surface area contributed by atoms with Crippen molar-refractivity contribution in [1.29, 1.82) is 0 Å². The zero-order valence-corrected chi connectivity index (χ0v) is 63.1. The monoisotopic (exact) mass is 1370 g/mol. The van der Waals surface area contributed by atoms with Crippen molar-refractivity contribution in [2.24, 2.45) is 0 Å². The van der Waals surface area contributed by atoms with E-state index in [1.165, 1.54) is 77.9 Å². The molecule has 0 radical (unpaired) electrons. The summed E-state index contributed by atoms with van der Waals surface area (Å²) in [7, 11) is 0. The second kappa shape index (κ2) is 42.3. The molecule has 6 nitrogen and oxygen atoms in total. The summed E-state index contributed by atoms with van der Waals surface area (Å²) in [5.74, 6) is 0. The Kier molecular flexibility index (Phi) is 37.3. The van der Waals surface area contributed by atoms with E-state index in [0.29, 0.717) is 36.3 Å². The molecule has 90 heavy (non-hydrogen) atoms. The third kappa shape index (κ3) is 35.6. The number of benzene rings is 8. The van der Waals surface area contributed by atoms with E-state index in [9.17, 15) is 0 Å². The van der Waals surface area contributed by atoms with Gasteiger partial charge in [0.05, 0.1) is 0 Å². The van der Waals surface area contributed by atoms with Gasteiger partial charge < -0.3 is 31.9 Å². The fourth-order valence-electron chi connectivity index (χ4n) is 9.66. The second-order valence-corrected chi connectivity index (χ2v) is 26.1. The third-order valence-electron chi connectivity index (χ3n) is 12.3. The number of hydrogen-bond acceptors (Lipinski definition) is 0. The van der Waals surface area contributed by atoms with E-state index >= 15 is 0 Å². The van der Waals surface area contributed by atoms with Crippen LogP contribution < -0.4 is 0 Å². The Morgan fingerprint density at radius 3 is 0.478 bits per heavy atom. The van der Waals surface area contributed by atoms with Crippen molar-refractivity contribution in [3.63, 3.8) is 0 Å². The van der Waals surface area contributed by atoms with Crippen LogP contribution in [-0.2, 0) is 38.3 Å². The third-order valence-corrected chi connectivity index (χ3v) is 13.3. The van der Waals surface area contributed by atoms with Crippen molar-refractivity contribution in [2.75, 3.05) is 0 Å². The minimum atomic E-state index is 0.381. The maximum atomic E-state index is 4.48. The molecule has 0 saturated heterocycles. The quantitative estimate of drug-likeness (QED) is 0.0768. The minimum absolute atomic E-state index is 0.381. The molecule has 0 atom stereocenters. The summed E-state index contributed by atoms with van der Waals surface area (Å²) in [6.45, 7) is 50.4. The molecule has 0 saturated carbocycles. The van der Waals surface area contributed by atoms with Crippen molar-refractivity contribution in [3.05, 3.63) is 280 Å². The van der Waals surface area contributed by atoms with Gasteiger partial charge in [-0.3, -0.25) is 0 Å². The first-order valence-corrected chi connectivity index (χ1v) is 33.7. The molecule has 0 aromatic heterocycles. The van der Waals surface area contributed by atoms with Gasteiger partial charge in [-0.05, 0) is 83.1 Å². The van der Waals surface area contributed by atoms with Gasteiger partial charge in [0.25, 0.3) is 0 Å². The average molecular weight is 1370 g/mol. The van der Waals surface area contributed by atoms with Gasteiger partial charge in [0.15, 0.2) is 0 Å². The molecule has 8 aromatic rings. The molecule has 0 aliphatic rings. The van der Waals surface area contributed by atoms with Crippen molar-refractivity contribution < 1.29 is 38.3 Å². The fourth-order valence-corrected chi connectivity index (χ4v) is 10.7. The number of rotatable bonds is 14. The van der Waals surface area contributed by atoms with E-state index in [1.807, 2.05) is 74.7 Å². The van der Waals surface area contributed by atoms with Crippen LogP contribution in [0.25, 0.3) is 43.0 Å². The van der Waals surface area contributed by atoms with Crippen LogP contribution in [0.5, 0.6) is 0 Å². The van der Waals surface area contributed by atoms with E-state index in [2.05, 4.69) is 340 Å². The molecule has 0 fully saturated rings. The molecule has 0 amide bonds. The maximum absolute atomic E-state index is 4.48. The van der Waals surface area contributed by atoms with Crippen molar-refractivity contribution in [1.82, 2.24) is 0 Å². The van der Waals surface area contributed by atoms with Gasteiger partial charge in [-0.2, -0.15) is 0 Å². The van der Waals surface area contributed by atoms with E-state index < -0.39 is 0 Å². The zero-order valence-electron chi connectivity index (χ0n) is 59.1. The van der Waals surface area contributed by atoms with Crippen LogP contribution in [0.15, 0.2) is 170 Å². The summed E-state index contributed by atoms with van der Waals surface area (Å²) < 4.78 is 6.59. The number of nitrogens with zero attached hydrogens (tertiary/aromatic N) is 6. The van der Waals surface area contributed by atoms with Gasteiger partial charge in [-0.1, -0.05) is 259 Å². The average Bonchev–Trinajstić information content (AvgIpc) is 2.95. The molecule has 0 aliphatic heterocycles. The topological polar surface area (TPSA) is 84.6 Å². The normalized spacial score (nSPS) is 10.5. The predicted octanol–water partition coefficient (Wildman–Crippen LogP) is 25.9. The van der Waals surface area contributed by atoms with Gasteiger partial charge >= 0.3 is 130 Å². The standard InChI is InChI=1S/C16H10.6C11H16N.2Mo/c1-13(15-9-5-3-6-10-15)14(2)16-11-7-4-8-12-16;6*1-8(2)12-11-6-9(3)5-10(4)7-11;;/h3-12H;6*5-8H,1-4H3;;/q;6*-1;;/b14-13+;;;;;;;;. The van der Waals surface area contributed by atoms with Crippen molar-refractivity contribution >= 4 is 45.3 Å². The summed E-state index contributed by atoms with van der Waals surface area (Å²) in [5, 5.41) is 26.9. The Balaban J connectivity index is 0.000000360. The Bertz CT molecular complexity index is 2880. The molecule has 0 bridgehead atoms. The molecule has 0 unspecified atom stereocenters. The molecular formula is C82H106Mo2N6-6. The second-order valence-electron chi connectivity index (χ2n) is 25.1. The van der Waals surface area contributed by atoms with Crippen LogP contribution in [0, 0.1) is 91.5 Å². The first-order valence-electron chi connectivity index (χ1n) is 31.7. The summed E-state index contributed by atoms with van der Waals surface area (Å²) in [4.78, 5) is 0. The van der Waals surface area contributed by atoms with Crippen LogP contribution in [0.3, 0.4) is 0 Å². The molecule has 0 spiro atoms. The Labute approximate surface area is 569 Å². The number of allylic oxidation sites excluding steroid dienone is 2. The summed E-state index contributed by atoms with van der Waals surface area (Å²) in [6.07, 6.45) is 0. The molecule has 0 aliphatic carbocycles. The van der Waals surface area contributed by atoms with E-state index in [-0.39, 0.29) is 0 Å². The van der Waals surface area contributed by atoms with Gasteiger partial charge in [-0.15, -0.1) is 70.4 Å². The molecule has 8 aromatic carbocycles. The molecule has 0 N–H and O–H groups in total. The molecule has 8 heteroatoms. The molecular weight excluding hydrogens is 1260 g/mol. The summed E-state index contributed by atoms with van der Waals surface area (Å²) >= 11 is 3.75. The van der Waals surface area contributed by atoms with Crippen LogP contribution in [0.4, 0.5) is 34.1 Å². The van der Waals surface area contributed by atoms with Crippen LogP contribution in [0.2, 0.25) is 0 Å². The van der Waals surface area contributed by atoms with Crippen molar-refractivity contribution in [3.8, 4) is 8.40 Å². The Hall–Kier alpha value is -6.76. The SMILES string of the molecule is Cc1cc(C)cc([N-]C(C)C)c1.Cc1cc(C)cc([N-]C(C)C)c1.Cc1cc(C)cc([N-]C(C)C)c1.Cc1cc(C)cc([N-]C(C)C)c1.Cc1cc(C)cc([N-]C(C)C)c1.Cc1cc(C)cc([N-]C(C)C)c1.[Mo]#[C]/C(=C(/[C]#[Mo])c1ccccc1)c1ccccc1.